The first kappa shape index (κ1) is 30.8. The lowest BCUT2D eigenvalue weighted by Gasteiger charge is -2.33. The maximum atomic E-state index is 13.4. The molecule has 39 heavy (non-hydrogen) atoms. The van der Waals surface area contributed by atoms with E-state index in [9.17, 15) is 35.9 Å². The average molecular weight is 671 g/mol. The van der Waals surface area contributed by atoms with Gasteiger partial charge in [-0.25, -0.2) is 4.79 Å². The zero-order valence-electron chi connectivity index (χ0n) is 21.4. The third-order valence-corrected chi connectivity index (χ3v) is 7.56. The highest BCUT2D eigenvalue weighted by molar-refractivity contribution is 14.1. The van der Waals surface area contributed by atoms with E-state index in [1.807, 2.05) is 0 Å². The lowest BCUT2D eigenvalue weighted by Crippen LogP contribution is -2.36. The summed E-state index contributed by atoms with van der Waals surface area (Å²) in [4.78, 5) is 28.5. The second kappa shape index (κ2) is 11.8. The van der Waals surface area contributed by atoms with Crippen molar-refractivity contribution in [2.24, 2.45) is 0 Å². The largest absolute Gasteiger partial charge is 0.445 e. The topological polar surface area (TPSA) is 75.9 Å². The van der Waals surface area contributed by atoms with Gasteiger partial charge in [0, 0.05) is 30.0 Å². The van der Waals surface area contributed by atoms with Crippen LogP contribution in [-0.2, 0) is 28.4 Å². The minimum atomic E-state index is -5.02. The highest BCUT2D eigenvalue weighted by Gasteiger charge is 2.38. The van der Waals surface area contributed by atoms with Gasteiger partial charge in [-0.3, -0.25) is 9.69 Å². The Labute approximate surface area is 235 Å². The molecule has 0 spiro atoms. The van der Waals surface area contributed by atoms with E-state index in [-0.39, 0.29) is 36.4 Å². The number of alkyl halides is 7. The van der Waals surface area contributed by atoms with Gasteiger partial charge in [0.1, 0.15) is 6.10 Å². The first-order valence-corrected chi connectivity index (χ1v) is 13.5. The first-order valence-electron chi connectivity index (χ1n) is 12.0. The number of ether oxygens (including phenoxy) is 1. The minimum absolute atomic E-state index is 0.0485. The molecule has 0 saturated heterocycles. The molecule has 2 N–H and O–H groups in total. The van der Waals surface area contributed by atoms with Crippen LogP contribution >= 0.6 is 22.6 Å². The van der Waals surface area contributed by atoms with E-state index in [2.05, 4.69) is 22.6 Å². The number of carbonyl (C=O) groups excluding carboxylic acids is 2. The van der Waals surface area contributed by atoms with Crippen LogP contribution in [0.25, 0.3) is 0 Å². The van der Waals surface area contributed by atoms with Crippen molar-refractivity contribution < 1.29 is 40.7 Å². The summed E-state index contributed by atoms with van der Waals surface area (Å²) in [6, 6.07) is 3.86. The Balaban J connectivity index is 2.11. The molecule has 2 aromatic carbocycles. The molecular formula is C26H28F6IN3O3. The monoisotopic (exact) mass is 671 g/mol. The number of nitrogen functional groups attached to an aromatic ring is 1. The summed E-state index contributed by atoms with van der Waals surface area (Å²) < 4.78 is 86.7. The Bertz CT molecular complexity index is 1200. The van der Waals surface area contributed by atoms with Gasteiger partial charge in [0.05, 0.1) is 28.5 Å². The first-order chi connectivity index (χ1) is 18.0. The smallest absolute Gasteiger partial charge is 0.416 e. The predicted molar refractivity (Wildman–Crippen MR) is 142 cm³/mol. The van der Waals surface area contributed by atoms with E-state index in [0.717, 1.165) is 0 Å². The maximum Gasteiger partial charge on any atom is 0.416 e. The molecule has 0 fully saturated rings. The van der Waals surface area contributed by atoms with E-state index in [1.54, 1.807) is 26.0 Å². The van der Waals surface area contributed by atoms with Crippen LogP contribution in [0.5, 0.6) is 0 Å². The number of rotatable bonds is 5. The van der Waals surface area contributed by atoms with Crippen LogP contribution in [0.4, 0.5) is 42.5 Å². The summed E-state index contributed by atoms with van der Waals surface area (Å²) in [6.45, 7) is 4.34. The van der Waals surface area contributed by atoms with Crippen molar-refractivity contribution in [1.82, 2.24) is 4.90 Å². The number of anilines is 2. The van der Waals surface area contributed by atoms with Crippen LogP contribution in [0.2, 0.25) is 0 Å². The van der Waals surface area contributed by atoms with Gasteiger partial charge >= 0.3 is 18.4 Å². The fourth-order valence-corrected chi connectivity index (χ4v) is 4.81. The highest BCUT2D eigenvalue weighted by atomic mass is 127. The van der Waals surface area contributed by atoms with Crippen LogP contribution in [-0.4, -0.2) is 34.0 Å². The van der Waals surface area contributed by atoms with Gasteiger partial charge in [-0.1, -0.05) is 28.7 Å². The molecule has 13 heteroatoms. The Morgan fingerprint density at radius 2 is 1.69 bits per heavy atom. The van der Waals surface area contributed by atoms with Crippen molar-refractivity contribution in [2.45, 2.75) is 64.7 Å². The van der Waals surface area contributed by atoms with Gasteiger partial charge in [-0.05, 0) is 62.1 Å². The van der Waals surface area contributed by atoms with Crippen LogP contribution in [0.1, 0.15) is 60.5 Å². The zero-order chi connectivity index (χ0) is 29.3. The van der Waals surface area contributed by atoms with Gasteiger partial charge in [0.15, 0.2) is 0 Å². The number of benzene rings is 2. The lowest BCUT2D eigenvalue weighted by atomic mass is 9.95. The molecule has 1 aliphatic rings. The number of amides is 2. The van der Waals surface area contributed by atoms with Crippen LogP contribution in [0.3, 0.4) is 0 Å². The van der Waals surface area contributed by atoms with E-state index in [4.69, 9.17) is 10.5 Å². The number of nitrogens with zero attached hydrogens (tertiary/aromatic N) is 2. The Morgan fingerprint density at radius 3 is 2.21 bits per heavy atom. The quantitative estimate of drug-likeness (QED) is 0.157. The van der Waals surface area contributed by atoms with E-state index < -0.39 is 48.1 Å². The number of hydrogen-bond donors (Lipinski definition) is 1. The molecule has 3 rings (SSSR count). The molecule has 0 saturated carbocycles. The summed E-state index contributed by atoms with van der Waals surface area (Å²) in [5.74, 6) is -0.563. The number of nitrogens with two attached hydrogens (primary N) is 1. The van der Waals surface area contributed by atoms with Crippen LogP contribution in [0.15, 0.2) is 30.3 Å². The molecule has 0 radical (unpaired) electrons. The van der Waals surface area contributed by atoms with Gasteiger partial charge in [-0.15, -0.1) is 0 Å². The fourth-order valence-electron chi connectivity index (χ4n) is 4.63. The molecule has 0 aromatic heterocycles. The predicted octanol–water partition coefficient (Wildman–Crippen LogP) is 7.26. The maximum absolute atomic E-state index is 13.4. The van der Waals surface area contributed by atoms with Gasteiger partial charge in [0.25, 0.3) is 0 Å². The van der Waals surface area contributed by atoms with Gasteiger partial charge in [0.2, 0.25) is 5.91 Å². The number of halogens is 7. The number of fused-ring (bicyclic) bond motifs is 1. The molecule has 0 aliphatic carbocycles. The lowest BCUT2D eigenvalue weighted by molar-refractivity contribution is -0.143. The molecule has 2 unspecified atom stereocenters. The molecule has 6 nitrogen and oxygen atoms in total. The SMILES string of the molecule is CC(=O)N(Cc1cc(C(F)(F)F)cc(C(F)(F)F)c1)C1CCCN(C(=O)OC(C)CI)c2c(N)cc(C)cc21. The van der Waals surface area contributed by atoms with Crippen molar-refractivity contribution >= 4 is 46.0 Å². The molecule has 2 atom stereocenters. The van der Waals surface area contributed by atoms with Crippen LogP contribution in [0, 0.1) is 6.92 Å². The van der Waals surface area contributed by atoms with Crippen molar-refractivity contribution in [3.8, 4) is 0 Å². The normalized spacial score (nSPS) is 16.8. The van der Waals surface area contributed by atoms with Crippen molar-refractivity contribution in [3.63, 3.8) is 0 Å². The molecule has 1 heterocycles. The fraction of sp³-hybridized carbons (Fsp3) is 0.462. The van der Waals surface area contributed by atoms with Crippen molar-refractivity contribution in [1.29, 1.82) is 0 Å². The molecular weight excluding hydrogens is 643 g/mol. The minimum Gasteiger partial charge on any atom is -0.445 e. The summed E-state index contributed by atoms with van der Waals surface area (Å²) in [5, 5.41) is 0. The Hall–Kier alpha value is -2.71. The molecule has 2 amide bonds. The number of carbonyl (C=O) groups is 2. The molecule has 1 aliphatic heterocycles. The van der Waals surface area contributed by atoms with Crippen molar-refractivity contribution in [2.75, 3.05) is 21.6 Å². The third-order valence-electron chi connectivity index (χ3n) is 6.32. The van der Waals surface area contributed by atoms with Gasteiger partial charge < -0.3 is 15.4 Å². The average Bonchev–Trinajstić information content (AvgIpc) is 3.00. The molecule has 0 bridgehead atoms. The standard InChI is InChI=1S/C26H28F6IN3O3/c1-14-7-20-22(5-4-6-35(23(20)21(34)8-14)24(38)39-15(2)12-33)36(16(3)37)13-17-9-18(25(27,28)29)11-19(10-17)26(30,31)32/h7-11,15,22H,4-6,12-13,34H2,1-3H3. The zero-order valence-corrected chi connectivity index (χ0v) is 23.6. The van der Waals surface area contributed by atoms with E-state index in [1.165, 1.54) is 16.7 Å². The molecule has 214 valence electrons. The molecule has 2 aromatic rings. The Morgan fingerprint density at radius 1 is 1.10 bits per heavy atom. The van der Waals surface area contributed by atoms with E-state index >= 15 is 0 Å². The highest BCUT2D eigenvalue weighted by Crippen LogP contribution is 2.43. The summed E-state index contributed by atoms with van der Waals surface area (Å²) >= 11 is 2.07. The summed E-state index contributed by atoms with van der Waals surface area (Å²) in [7, 11) is 0. The number of hydrogen-bond acceptors (Lipinski definition) is 4. The number of aryl methyl sites for hydroxylation is 1. The second-order valence-electron chi connectivity index (χ2n) is 9.51. The van der Waals surface area contributed by atoms with Crippen LogP contribution < -0.4 is 10.6 Å². The summed E-state index contributed by atoms with van der Waals surface area (Å²) in [5.41, 5.74) is 4.78. The van der Waals surface area contributed by atoms with E-state index in [0.29, 0.717) is 39.8 Å². The third kappa shape index (κ3) is 7.28. The summed E-state index contributed by atoms with van der Waals surface area (Å²) in [6.07, 6.45) is -10.4. The Kier molecular flexibility index (Phi) is 9.33. The second-order valence-corrected chi connectivity index (χ2v) is 10.4. The van der Waals surface area contributed by atoms with Gasteiger partial charge in [-0.2, -0.15) is 26.3 Å². The van der Waals surface area contributed by atoms with Crippen molar-refractivity contribution in [3.05, 3.63) is 58.1 Å².